The third-order valence-corrected chi connectivity index (χ3v) is 5.54. The molecule has 10 heteroatoms. The Bertz CT molecular complexity index is 996. The highest BCUT2D eigenvalue weighted by molar-refractivity contribution is 6.24. The topological polar surface area (TPSA) is 142 Å². The van der Waals surface area contributed by atoms with Crippen molar-refractivity contribution in [1.82, 2.24) is 15.5 Å². The van der Waals surface area contributed by atoms with E-state index in [0.717, 1.165) is 4.90 Å². The second-order valence-electron chi connectivity index (χ2n) is 7.32. The second-order valence-corrected chi connectivity index (χ2v) is 7.32. The van der Waals surface area contributed by atoms with Gasteiger partial charge in [0.25, 0.3) is 11.8 Å². The van der Waals surface area contributed by atoms with E-state index < -0.39 is 41.0 Å². The van der Waals surface area contributed by atoms with Crippen LogP contribution in [-0.2, 0) is 19.2 Å². The number of nitrogens with zero attached hydrogens (tertiary/aromatic N) is 1. The molecule has 1 unspecified atom stereocenters. The molecule has 1 saturated heterocycles. The molecule has 3 N–H and O–H groups in total. The molecule has 2 aliphatic heterocycles. The van der Waals surface area contributed by atoms with Gasteiger partial charge in [-0.1, -0.05) is 0 Å². The Balaban J connectivity index is 1.56. The summed E-state index contributed by atoms with van der Waals surface area (Å²) in [4.78, 5) is 74.2. The highest BCUT2D eigenvalue weighted by atomic mass is 16.2. The molecule has 3 aliphatic rings. The van der Waals surface area contributed by atoms with Crippen LogP contribution in [-0.4, -0.2) is 53.4 Å². The number of fused-ring (bicyclic) bond motifs is 1. The summed E-state index contributed by atoms with van der Waals surface area (Å²) in [6, 6.07) is 3.17. The zero-order chi connectivity index (χ0) is 20.9. The lowest BCUT2D eigenvalue weighted by Crippen LogP contribution is -2.54. The predicted octanol–water partition coefficient (Wildman–Crippen LogP) is -0.448. The maximum Gasteiger partial charge on any atom is 0.262 e. The number of carbonyl (C=O) groups excluding carboxylic acids is 6. The molecule has 1 aliphatic carbocycles. The predicted molar refractivity (Wildman–Crippen MR) is 97.5 cm³/mol. The molecule has 29 heavy (non-hydrogen) atoms. The van der Waals surface area contributed by atoms with Crippen molar-refractivity contribution in [2.24, 2.45) is 5.41 Å². The molecule has 0 spiro atoms. The van der Waals surface area contributed by atoms with Crippen molar-refractivity contribution in [1.29, 1.82) is 0 Å². The molecule has 0 radical (unpaired) electrons. The quantitative estimate of drug-likeness (QED) is 0.463. The third kappa shape index (κ3) is 2.87. The van der Waals surface area contributed by atoms with Crippen LogP contribution in [0.5, 0.6) is 0 Å². The average molecular weight is 398 g/mol. The molecule has 1 aromatic carbocycles. The number of piperidine rings is 1. The number of rotatable bonds is 4. The van der Waals surface area contributed by atoms with Crippen LogP contribution in [0, 0.1) is 5.41 Å². The van der Waals surface area contributed by atoms with E-state index in [2.05, 4.69) is 16.0 Å². The molecule has 0 aromatic heterocycles. The number of hydrogen-bond donors (Lipinski definition) is 3. The molecule has 2 fully saturated rings. The van der Waals surface area contributed by atoms with E-state index in [1.165, 1.54) is 25.2 Å². The third-order valence-electron chi connectivity index (χ3n) is 5.54. The van der Waals surface area contributed by atoms with Crippen molar-refractivity contribution in [3.63, 3.8) is 0 Å². The lowest BCUT2D eigenvalue weighted by Gasteiger charge is -2.27. The summed E-state index contributed by atoms with van der Waals surface area (Å²) >= 11 is 0. The highest BCUT2D eigenvalue weighted by Crippen LogP contribution is 2.46. The van der Waals surface area contributed by atoms with Crippen molar-refractivity contribution in [2.75, 3.05) is 12.4 Å². The van der Waals surface area contributed by atoms with Crippen LogP contribution in [0.25, 0.3) is 0 Å². The van der Waals surface area contributed by atoms with Crippen LogP contribution in [0.2, 0.25) is 0 Å². The van der Waals surface area contributed by atoms with Crippen LogP contribution in [0.1, 0.15) is 46.4 Å². The Labute approximate surface area is 165 Å². The minimum atomic E-state index is -1.10. The Morgan fingerprint density at radius 1 is 1.07 bits per heavy atom. The number of imide groups is 2. The van der Waals surface area contributed by atoms with Gasteiger partial charge in [-0.25, -0.2) is 0 Å². The summed E-state index contributed by atoms with van der Waals surface area (Å²) in [7, 11) is 1.46. The van der Waals surface area contributed by atoms with E-state index in [1.807, 2.05) is 0 Å². The Morgan fingerprint density at radius 3 is 2.38 bits per heavy atom. The summed E-state index contributed by atoms with van der Waals surface area (Å²) in [5.74, 6) is -3.27. The average Bonchev–Trinajstić information content (AvgIpc) is 3.47. The second kappa shape index (κ2) is 6.50. The number of nitrogens with one attached hydrogen (secondary N) is 3. The Hall–Kier alpha value is -3.56. The highest BCUT2D eigenvalue weighted by Gasteiger charge is 2.56. The fourth-order valence-electron chi connectivity index (χ4n) is 3.72. The standard InChI is InChI=1S/C19H18N4O6/c1-20-17(28)19(6-7-19)18(29)21-9-2-3-10-11(8-9)16(27)23(15(10)26)12-4-5-13(24)22-14(12)25/h2-3,8,12H,4-7H2,1H3,(H,20,28)(H,21,29)(H,22,24,25). The van der Waals surface area contributed by atoms with E-state index >= 15 is 0 Å². The molecule has 1 aromatic rings. The summed E-state index contributed by atoms with van der Waals surface area (Å²) in [5.41, 5.74) is -0.658. The van der Waals surface area contributed by atoms with Crippen LogP contribution in [0.4, 0.5) is 5.69 Å². The molecule has 1 saturated carbocycles. The molecule has 4 rings (SSSR count). The van der Waals surface area contributed by atoms with Gasteiger partial charge < -0.3 is 10.6 Å². The molecular formula is C19H18N4O6. The fourth-order valence-corrected chi connectivity index (χ4v) is 3.72. The maximum atomic E-state index is 12.8. The first kappa shape index (κ1) is 18.8. The van der Waals surface area contributed by atoms with Crippen molar-refractivity contribution in [2.45, 2.75) is 31.7 Å². The zero-order valence-electron chi connectivity index (χ0n) is 15.5. The van der Waals surface area contributed by atoms with Crippen molar-refractivity contribution < 1.29 is 28.8 Å². The van der Waals surface area contributed by atoms with E-state index in [1.54, 1.807) is 0 Å². The molecule has 6 amide bonds. The van der Waals surface area contributed by atoms with Gasteiger partial charge in [-0.3, -0.25) is 39.0 Å². The fraction of sp³-hybridized carbons (Fsp3) is 0.368. The van der Waals surface area contributed by atoms with Gasteiger partial charge in [0.2, 0.25) is 23.6 Å². The summed E-state index contributed by atoms with van der Waals surface area (Å²) in [6.45, 7) is 0. The molecule has 0 bridgehead atoms. The number of benzene rings is 1. The number of amides is 6. The van der Waals surface area contributed by atoms with E-state index in [0.29, 0.717) is 12.8 Å². The monoisotopic (exact) mass is 398 g/mol. The summed E-state index contributed by atoms with van der Waals surface area (Å²) in [6.07, 6.45) is 0.968. The van der Waals surface area contributed by atoms with Crippen molar-refractivity contribution in [3.8, 4) is 0 Å². The smallest absolute Gasteiger partial charge is 0.262 e. The van der Waals surface area contributed by atoms with Gasteiger partial charge in [0.15, 0.2) is 0 Å². The van der Waals surface area contributed by atoms with Crippen LogP contribution >= 0.6 is 0 Å². The normalized spacial score (nSPS) is 22.1. The molecule has 10 nitrogen and oxygen atoms in total. The maximum absolute atomic E-state index is 12.8. The summed E-state index contributed by atoms with van der Waals surface area (Å²) < 4.78 is 0. The number of hydrogen-bond acceptors (Lipinski definition) is 6. The molecule has 150 valence electrons. The molecular weight excluding hydrogens is 380 g/mol. The van der Waals surface area contributed by atoms with Crippen LogP contribution in [0.15, 0.2) is 18.2 Å². The lowest BCUT2D eigenvalue weighted by molar-refractivity contribution is -0.137. The SMILES string of the molecule is CNC(=O)C1(C(=O)Nc2ccc3c(c2)C(=O)N(C2CCC(=O)NC2=O)C3=O)CC1. The van der Waals surface area contributed by atoms with Gasteiger partial charge in [-0.05, 0) is 37.5 Å². The van der Waals surface area contributed by atoms with Crippen molar-refractivity contribution >= 4 is 41.1 Å². The van der Waals surface area contributed by atoms with Gasteiger partial charge in [-0.15, -0.1) is 0 Å². The van der Waals surface area contributed by atoms with Gasteiger partial charge in [-0.2, -0.15) is 0 Å². The summed E-state index contributed by atoms with van der Waals surface area (Å²) in [5, 5.41) is 7.23. The largest absolute Gasteiger partial charge is 0.358 e. The van der Waals surface area contributed by atoms with Gasteiger partial charge in [0.05, 0.1) is 11.1 Å². The number of carbonyl (C=O) groups is 6. The first-order valence-corrected chi connectivity index (χ1v) is 9.18. The number of anilines is 1. The first-order chi connectivity index (χ1) is 13.8. The van der Waals surface area contributed by atoms with Crippen LogP contribution < -0.4 is 16.0 Å². The Morgan fingerprint density at radius 2 is 1.76 bits per heavy atom. The Kier molecular flexibility index (Phi) is 4.21. The van der Waals surface area contributed by atoms with E-state index in [9.17, 15) is 28.8 Å². The van der Waals surface area contributed by atoms with E-state index in [4.69, 9.17) is 0 Å². The van der Waals surface area contributed by atoms with Crippen LogP contribution in [0.3, 0.4) is 0 Å². The van der Waals surface area contributed by atoms with Gasteiger partial charge >= 0.3 is 0 Å². The lowest BCUT2D eigenvalue weighted by atomic mass is 10.0. The first-order valence-electron chi connectivity index (χ1n) is 9.18. The van der Waals surface area contributed by atoms with E-state index in [-0.39, 0.29) is 35.6 Å². The van der Waals surface area contributed by atoms with Gasteiger partial charge in [0.1, 0.15) is 11.5 Å². The van der Waals surface area contributed by atoms with Gasteiger partial charge in [0, 0.05) is 19.2 Å². The minimum absolute atomic E-state index is 0.0344. The van der Waals surface area contributed by atoms with Crippen molar-refractivity contribution in [3.05, 3.63) is 29.3 Å². The molecule has 2 heterocycles. The zero-order valence-corrected chi connectivity index (χ0v) is 15.5. The minimum Gasteiger partial charge on any atom is -0.358 e. The molecule has 1 atom stereocenters.